The van der Waals surface area contributed by atoms with Crippen molar-refractivity contribution >= 4 is 57.9 Å². The van der Waals surface area contributed by atoms with Gasteiger partial charge >= 0.3 is 5.97 Å². The van der Waals surface area contributed by atoms with Gasteiger partial charge in [0, 0.05) is 34.5 Å². The van der Waals surface area contributed by atoms with Gasteiger partial charge in [-0.2, -0.15) is 9.36 Å². The van der Waals surface area contributed by atoms with E-state index in [4.69, 9.17) is 15.3 Å². The lowest BCUT2D eigenvalue weighted by atomic mass is 10.0. The number of carbonyl (C=O) groups is 4. The molecule has 4 heterocycles. The molecular weight excluding hydrogens is 554 g/mol. The first-order valence-electron chi connectivity index (χ1n) is 11.5. The number of rotatable bonds is 11. The molecule has 0 bridgehead atoms. The quantitative estimate of drug-likeness (QED) is 0.0817. The van der Waals surface area contributed by atoms with E-state index in [1.54, 1.807) is 36.0 Å². The number of aromatic nitrogens is 3. The van der Waals surface area contributed by atoms with Crippen molar-refractivity contribution < 1.29 is 43.5 Å². The van der Waals surface area contributed by atoms with Gasteiger partial charge in [-0.3, -0.25) is 14.5 Å². The number of thioether (sulfide) groups is 1. The first-order valence-corrected chi connectivity index (χ1v) is 13.3. The Morgan fingerprint density at radius 3 is 2.87 bits per heavy atom. The number of nitrogens with zero attached hydrogens (tertiary/aromatic N) is 5. The lowest BCUT2D eigenvalue weighted by Crippen LogP contribution is -2.71. The average molecular weight is 578 g/mol. The zero-order valence-corrected chi connectivity index (χ0v) is 22.1. The maximum Gasteiger partial charge on any atom is 0.347 e. The minimum atomic E-state index is -1.52. The van der Waals surface area contributed by atoms with Crippen molar-refractivity contribution in [2.45, 2.75) is 31.5 Å². The molecule has 2 aliphatic rings. The zero-order chi connectivity index (χ0) is 28.1. The second kappa shape index (κ2) is 12.2. The molecule has 2 aliphatic heterocycles. The molecule has 2 amide bonds. The summed E-state index contributed by atoms with van der Waals surface area (Å²) in [5, 5.41) is 26.9. The fourth-order valence-corrected chi connectivity index (χ4v) is 5.63. The number of nitrogen functional groups attached to an aromatic ring is 1. The van der Waals surface area contributed by atoms with Crippen LogP contribution in [0.3, 0.4) is 0 Å². The molecular formula is C22H23N7O8S2. The third kappa shape index (κ3) is 6.15. The third-order valence-corrected chi connectivity index (χ3v) is 7.40. The number of ether oxygens (including phenoxy) is 1. The van der Waals surface area contributed by atoms with E-state index < -0.39 is 47.5 Å². The number of pyridine rings is 1. The molecule has 0 radical (unpaired) electrons. The van der Waals surface area contributed by atoms with Gasteiger partial charge in [-0.25, -0.2) is 9.36 Å². The summed E-state index contributed by atoms with van der Waals surface area (Å²) in [5.41, 5.74) is 5.98. The number of fused-ring (bicyclic) bond motifs is 1. The molecule has 0 aliphatic carbocycles. The van der Waals surface area contributed by atoms with Crippen molar-refractivity contribution in [1.82, 2.24) is 19.6 Å². The number of aliphatic hydroxyl groups excluding tert-OH is 1. The smallest absolute Gasteiger partial charge is 0.347 e. The van der Waals surface area contributed by atoms with E-state index in [1.807, 2.05) is 0 Å². The van der Waals surface area contributed by atoms with E-state index in [1.165, 1.54) is 11.8 Å². The van der Waals surface area contributed by atoms with E-state index in [2.05, 4.69) is 19.8 Å². The van der Waals surface area contributed by atoms with Gasteiger partial charge in [0.1, 0.15) is 11.4 Å². The maximum atomic E-state index is 13.1. The SMILES string of the molecule is CCOC(=O)CO/N=C(\C(=O)NC1C(=O)N2C(C(=O)[O-])=C(C[n+]3cccc(CO)c3)CS[C@H]12)c1nsc(N)n1. The van der Waals surface area contributed by atoms with Crippen LogP contribution in [-0.4, -0.2) is 79.2 Å². The minimum Gasteiger partial charge on any atom is -0.543 e. The van der Waals surface area contributed by atoms with Crippen LogP contribution in [0.2, 0.25) is 0 Å². The molecule has 2 aromatic rings. The molecule has 4 rings (SSSR count). The number of carboxylic acid groups (broad SMARTS) is 1. The number of nitrogens with one attached hydrogen (secondary N) is 1. The molecule has 4 N–H and O–H groups in total. The predicted octanol–water partition coefficient (Wildman–Crippen LogP) is -2.71. The molecule has 0 saturated carbocycles. The van der Waals surface area contributed by atoms with Crippen LogP contribution in [0.4, 0.5) is 5.13 Å². The topological polar surface area (TPSA) is 213 Å². The van der Waals surface area contributed by atoms with Gasteiger partial charge in [0.15, 0.2) is 24.1 Å². The monoisotopic (exact) mass is 577 g/mol. The maximum absolute atomic E-state index is 13.1. The van der Waals surface area contributed by atoms with Gasteiger partial charge < -0.3 is 35.6 Å². The number of esters is 1. The average Bonchev–Trinajstić information content (AvgIpc) is 3.35. The van der Waals surface area contributed by atoms with Crippen molar-refractivity contribution in [2.24, 2.45) is 5.16 Å². The fourth-order valence-electron chi connectivity index (χ4n) is 3.86. The zero-order valence-electron chi connectivity index (χ0n) is 20.4. The van der Waals surface area contributed by atoms with Crippen molar-refractivity contribution in [3.8, 4) is 0 Å². The van der Waals surface area contributed by atoms with Gasteiger partial charge in [0.2, 0.25) is 18.1 Å². The van der Waals surface area contributed by atoms with E-state index in [9.17, 15) is 29.4 Å². The highest BCUT2D eigenvalue weighted by Crippen LogP contribution is 2.40. The Hall–Kier alpha value is -4.09. The Morgan fingerprint density at radius 2 is 2.21 bits per heavy atom. The number of anilines is 1. The van der Waals surface area contributed by atoms with Crippen LogP contribution in [0, 0.1) is 0 Å². The lowest BCUT2D eigenvalue weighted by Gasteiger charge is -2.50. The second-order valence-corrected chi connectivity index (χ2v) is 10.0. The van der Waals surface area contributed by atoms with Gasteiger partial charge in [0.05, 0.1) is 24.9 Å². The largest absolute Gasteiger partial charge is 0.543 e. The lowest BCUT2D eigenvalue weighted by molar-refractivity contribution is -0.689. The molecule has 2 atom stereocenters. The van der Waals surface area contributed by atoms with Crippen molar-refractivity contribution in [3.05, 3.63) is 47.2 Å². The summed E-state index contributed by atoms with van der Waals surface area (Å²) in [5.74, 6) is -3.73. The number of nitrogens with two attached hydrogens (primary N) is 1. The number of aliphatic hydroxyl groups is 1. The number of β-lactam (4-membered cyclic amide) rings is 1. The number of aliphatic carboxylic acids is 1. The molecule has 1 unspecified atom stereocenters. The van der Waals surface area contributed by atoms with Crippen molar-refractivity contribution in [3.63, 3.8) is 0 Å². The molecule has 0 aromatic carbocycles. The summed E-state index contributed by atoms with van der Waals surface area (Å²) in [4.78, 5) is 59.6. The molecule has 2 aromatic heterocycles. The number of amides is 2. The standard InChI is InChI=1S/C22H23N7O8S2/c1-2-36-13(31)9-37-26-14(17-25-22(23)39-27-17)18(32)24-15-19(33)29-16(21(34)35)12(10-38-20(15)29)7-28-5-3-4-11(6-28)8-30/h3-6,15,20,30H,2,7-10H2,1H3,(H3-,23,24,25,27,32,34,35)/b26-14-/t15?,20-/m1/s1. The Balaban J connectivity index is 1.51. The minimum absolute atomic E-state index is 0.0447. The third-order valence-electron chi connectivity index (χ3n) is 5.51. The van der Waals surface area contributed by atoms with Gasteiger partial charge in [-0.05, 0) is 13.0 Å². The summed E-state index contributed by atoms with van der Waals surface area (Å²) < 4.78 is 10.4. The van der Waals surface area contributed by atoms with Crippen LogP contribution in [0.15, 0.2) is 41.0 Å². The summed E-state index contributed by atoms with van der Waals surface area (Å²) in [7, 11) is 0. The number of carbonyl (C=O) groups excluding carboxylic acids is 4. The van der Waals surface area contributed by atoms with E-state index >= 15 is 0 Å². The Morgan fingerprint density at radius 1 is 1.41 bits per heavy atom. The molecule has 206 valence electrons. The summed E-state index contributed by atoms with van der Waals surface area (Å²) in [6.45, 7) is 1.13. The summed E-state index contributed by atoms with van der Waals surface area (Å²) >= 11 is 2.06. The van der Waals surface area contributed by atoms with Gasteiger partial charge in [-0.1, -0.05) is 5.16 Å². The van der Waals surface area contributed by atoms with Crippen LogP contribution in [0.5, 0.6) is 0 Å². The fraction of sp³-hybridized carbons (Fsp3) is 0.364. The molecule has 17 heteroatoms. The first kappa shape index (κ1) is 27.9. The molecule has 39 heavy (non-hydrogen) atoms. The molecule has 1 saturated heterocycles. The highest BCUT2D eigenvalue weighted by molar-refractivity contribution is 8.00. The summed E-state index contributed by atoms with van der Waals surface area (Å²) in [6, 6.07) is 2.34. The van der Waals surface area contributed by atoms with E-state index in [0.717, 1.165) is 16.4 Å². The Bertz CT molecular complexity index is 1360. The molecule has 15 nitrogen and oxygen atoms in total. The number of oxime groups is 1. The predicted molar refractivity (Wildman–Crippen MR) is 133 cm³/mol. The number of hydrogen-bond donors (Lipinski definition) is 3. The van der Waals surface area contributed by atoms with E-state index in [-0.39, 0.29) is 42.2 Å². The normalized spacial score (nSPS) is 18.8. The Kier molecular flexibility index (Phi) is 8.72. The molecule has 1 fully saturated rings. The first-order chi connectivity index (χ1) is 18.7. The number of hydrogen-bond acceptors (Lipinski definition) is 14. The second-order valence-electron chi connectivity index (χ2n) is 8.12. The van der Waals surface area contributed by atoms with Crippen LogP contribution in [-0.2, 0) is 41.9 Å². The highest BCUT2D eigenvalue weighted by Gasteiger charge is 2.53. The van der Waals surface area contributed by atoms with Crippen LogP contribution in [0.25, 0.3) is 0 Å². The highest BCUT2D eigenvalue weighted by atomic mass is 32.2. The number of carboxylic acids is 1. The van der Waals surface area contributed by atoms with Crippen LogP contribution >= 0.6 is 23.3 Å². The Labute approximate surface area is 229 Å². The van der Waals surface area contributed by atoms with Gasteiger partial charge in [0.25, 0.3) is 11.8 Å². The van der Waals surface area contributed by atoms with Crippen molar-refractivity contribution in [2.75, 3.05) is 24.7 Å². The van der Waals surface area contributed by atoms with Crippen molar-refractivity contribution in [1.29, 1.82) is 0 Å². The van der Waals surface area contributed by atoms with Gasteiger partial charge in [-0.15, -0.1) is 11.8 Å². The molecule has 0 spiro atoms. The van der Waals surface area contributed by atoms with Crippen LogP contribution < -0.4 is 20.7 Å². The van der Waals surface area contributed by atoms with E-state index in [0.29, 0.717) is 11.1 Å². The van der Waals surface area contributed by atoms with Crippen LogP contribution in [0.1, 0.15) is 18.3 Å². The summed E-state index contributed by atoms with van der Waals surface area (Å²) in [6.07, 6.45) is 3.38.